The number of carbonyl (C=O) groups is 1. The van der Waals surface area contributed by atoms with E-state index in [-0.39, 0.29) is 5.78 Å². The number of benzene rings is 2. The van der Waals surface area contributed by atoms with Gasteiger partial charge in [0, 0.05) is 11.1 Å². The Morgan fingerprint density at radius 2 is 1.29 bits per heavy atom. The van der Waals surface area contributed by atoms with Crippen LogP contribution in [0.5, 0.6) is 0 Å². The molecule has 0 aliphatic rings. The van der Waals surface area contributed by atoms with E-state index in [2.05, 4.69) is 0 Å². The van der Waals surface area contributed by atoms with Gasteiger partial charge in [-0.15, -0.1) is 0 Å². The molecule has 0 saturated carbocycles. The summed E-state index contributed by atoms with van der Waals surface area (Å²) in [5, 5.41) is 8.06. The summed E-state index contributed by atoms with van der Waals surface area (Å²) in [7, 11) is 0. The van der Waals surface area contributed by atoms with Gasteiger partial charge < -0.3 is 0 Å². The van der Waals surface area contributed by atoms with E-state index in [4.69, 9.17) is 5.41 Å². The summed E-state index contributed by atoms with van der Waals surface area (Å²) in [5.41, 5.74) is 2.85. The lowest BCUT2D eigenvalue weighted by Gasteiger charge is -2.04. The Balaban J connectivity index is 2.30. The van der Waals surface area contributed by atoms with Crippen LogP contribution < -0.4 is 0 Å². The van der Waals surface area contributed by atoms with Gasteiger partial charge in [-0.25, -0.2) is 0 Å². The van der Waals surface area contributed by atoms with Gasteiger partial charge in [0.05, 0.1) is 5.71 Å². The van der Waals surface area contributed by atoms with Crippen molar-refractivity contribution in [3.05, 3.63) is 71.3 Å². The van der Waals surface area contributed by atoms with Gasteiger partial charge in [-0.1, -0.05) is 54.6 Å². The van der Waals surface area contributed by atoms with Gasteiger partial charge in [-0.05, 0) is 12.5 Å². The third kappa shape index (κ3) is 2.48. The minimum atomic E-state index is 0.0443. The zero-order valence-electron chi connectivity index (χ0n) is 9.60. The molecule has 0 heterocycles. The smallest absolute Gasteiger partial charge is 0.159 e. The Morgan fingerprint density at radius 3 is 1.82 bits per heavy atom. The summed E-state index contributed by atoms with van der Waals surface area (Å²) in [6.45, 7) is 1.54. The van der Waals surface area contributed by atoms with Crippen LogP contribution in [-0.2, 0) is 0 Å². The van der Waals surface area contributed by atoms with Gasteiger partial charge in [0.1, 0.15) is 0 Å². The van der Waals surface area contributed by atoms with Crippen molar-refractivity contribution in [1.82, 2.24) is 0 Å². The van der Waals surface area contributed by atoms with Crippen molar-refractivity contribution in [2.24, 2.45) is 0 Å². The normalized spacial score (nSPS) is 9.94. The summed E-state index contributed by atoms with van der Waals surface area (Å²) in [5.74, 6) is 0.0443. The molecular weight excluding hydrogens is 210 g/mol. The van der Waals surface area contributed by atoms with Crippen molar-refractivity contribution < 1.29 is 4.79 Å². The number of nitrogens with one attached hydrogen (secondary N) is 1. The maximum absolute atomic E-state index is 11.1. The number of ketones is 1. The molecule has 0 spiro atoms. The van der Waals surface area contributed by atoms with E-state index in [9.17, 15) is 4.79 Å². The van der Waals surface area contributed by atoms with Crippen molar-refractivity contribution in [1.29, 1.82) is 5.41 Å². The first-order chi connectivity index (χ1) is 8.18. The highest BCUT2D eigenvalue weighted by atomic mass is 16.1. The van der Waals surface area contributed by atoms with E-state index in [1.54, 1.807) is 12.1 Å². The molecule has 0 atom stereocenters. The Morgan fingerprint density at radius 1 is 0.824 bits per heavy atom. The highest BCUT2D eigenvalue weighted by Crippen LogP contribution is 2.11. The van der Waals surface area contributed by atoms with Crippen molar-refractivity contribution in [3.8, 4) is 0 Å². The third-order valence-corrected chi connectivity index (χ3v) is 2.64. The predicted molar refractivity (Wildman–Crippen MR) is 68.8 cm³/mol. The fourth-order valence-corrected chi connectivity index (χ4v) is 1.64. The Labute approximate surface area is 100 Å². The van der Waals surface area contributed by atoms with Crippen LogP contribution >= 0.6 is 0 Å². The molecule has 2 heteroatoms. The number of hydrogen-bond donors (Lipinski definition) is 1. The average Bonchev–Trinajstić information content (AvgIpc) is 2.39. The molecule has 0 saturated heterocycles. The molecule has 2 nitrogen and oxygen atoms in total. The number of rotatable bonds is 3. The van der Waals surface area contributed by atoms with Gasteiger partial charge in [0.2, 0.25) is 0 Å². The molecule has 0 fully saturated rings. The quantitative estimate of drug-likeness (QED) is 0.629. The van der Waals surface area contributed by atoms with E-state index in [0.717, 1.165) is 11.1 Å². The number of Topliss-reactive ketones (excluding diaryl/α,β-unsaturated/α-hetero) is 1. The third-order valence-electron chi connectivity index (χ3n) is 2.64. The van der Waals surface area contributed by atoms with Gasteiger partial charge >= 0.3 is 0 Å². The SMILES string of the molecule is CC(=O)c1ccc(C(=N)c2ccccc2)cc1. The molecule has 0 radical (unpaired) electrons. The van der Waals surface area contributed by atoms with E-state index >= 15 is 0 Å². The fourth-order valence-electron chi connectivity index (χ4n) is 1.64. The monoisotopic (exact) mass is 223 g/mol. The topological polar surface area (TPSA) is 40.9 Å². The summed E-state index contributed by atoms with van der Waals surface area (Å²) < 4.78 is 0. The molecule has 2 aromatic rings. The van der Waals surface area contributed by atoms with Crippen LogP contribution in [0.25, 0.3) is 0 Å². The van der Waals surface area contributed by atoms with Crippen molar-refractivity contribution in [2.45, 2.75) is 6.92 Å². The second-order valence-corrected chi connectivity index (χ2v) is 3.87. The zero-order chi connectivity index (χ0) is 12.3. The van der Waals surface area contributed by atoms with Crippen LogP contribution in [0.15, 0.2) is 54.6 Å². The lowest BCUT2D eigenvalue weighted by atomic mass is 10.0. The summed E-state index contributed by atoms with van der Waals surface area (Å²) in [6, 6.07) is 16.7. The molecule has 2 aromatic carbocycles. The van der Waals surface area contributed by atoms with E-state index in [1.165, 1.54) is 6.92 Å². The zero-order valence-corrected chi connectivity index (χ0v) is 9.60. The van der Waals surface area contributed by atoms with Crippen molar-refractivity contribution in [3.63, 3.8) is 0 Å². The first-order valence-corrected chi connectivity index (χ1v) is 5.44. The second kappa shape index (κ2) is 4.74. The minimum Gasteiger partial charge on any atom is -0.300 e. The van der Waals surface area contributed by atoms with E-state index in [0.29, 0.717) is 11.3 Å². The lowest BCUT2D eigenvalue weighted by Crippen LogP contribution is -2.01. The number of carbonyl (C=O) groups excluding carboxylic acids is 1. The Kier molecular flexibility index (Phi) is 3.15. The maximum Gasteiger partial charge on any atom is 0.159 e. The molecule has 17 heavy (non-hydrogen) atoms. The van der Waals surface area contributed by atoms with Gasteiger partial charge in [-0.2, -0.15) is 0 Å². The van der Waals surface area contributed by atoms with Crippen LogP contribution in [0.2, 0.25) is 0 Å². The van der Waals surface area contributed by atoms with Gasteiger partial charge in [-0.3, -0.25) is 10.2 Å². The summed E-state index contributed by atoms with van der Waals surface area (Å²) >= 11 is 0. The molecular formula is C15H13NO. The molecule has 0 bridgehead atoms. The average molecular weight is 223 g/mol. The standard InChI is InChI=1S/C15H13NO/c1-11(17)12-7-9-14(10-8-12)15(16)13-5-3-2-4-6-13/h2-10,16H,1H3. The van der Waals surface area contributed by atoms with Gasteiger partial charge in [0.25, 0.3) is 0 Å². The van der Waals surface area contributed by atoms with Crippen molar-refractivity contribution in [2.75, 3.05) is 0 Å². The predicted octanol–water partition coefficient (Wildman–Crippen LogP) is 3.31. The summed E-state index contributed by atoms with van der Waals surface area (Å²) in [6.07, 6.45) is 0. The molecule has 0 aliphatic heterocycles. The van der Waals surface area contributed by atoms with Crippen LogP contribution in [0.3, 0.4) is 0 Å². The molecule has 0 amide bonds. The highest BCUT2D eigenvalue weighted by molar-refractivity contribution is 6.11. The molecule has 0 unspecified atom stereocenters. The molecule has 0 aromatic heterocycles. The van der Waals surface area contributed by atoms with Crippen LogP contribution in [0.4, 0.5) is 0 Å². The molecule has 84 valence electrons. The second-order valence-electron chi connectivity index (χ2n) is 3.87. The van der Waals surface area contributed by atoms with Crippen LogP contribution in [-0.4, -0.2) is 11.5 Å². The summed E-state index contributed by atoms with van der Waals surface area (Å²) in [4.78, 5) is 11.1. The van der Waals surface area contributed by atoms with Crippen molar-refractivity contribution >= 4 is 11.5 Å². The maximum atomic E-state index is 11.1. The largest absolute Gasteiger partial charge is 0.300 e. The molecule has 0 aliphatic carbocycles. The first-order valence-electron chi connectivity index (χ1n) is 5.44. The lowest BCUT2D eigenvalue weighted by molar-refractivity contribution is 0.101. The highest BCUT2D eigenvalue weighted by Gasteiger charge is 2.05. The Hall–Kier alpha value is -2.22. The van der Waals surface area contributed by atoms with Crippen LogP contribution in [0.1, 0.15) is 28.4 Å². The first kappa shape index (κ1) is 11.3. The minimum absolute atomic E-state index is 0.0443. The van der Waals surface area contributed by atoms with E-state index < -0.39 is 0 Å². The molecule has 1 N–H and O–H groups in total. The Bertz CT molecular complexity index is 541. The van der Waals surface area contributed by atoms with Gasteiger partial charge in [0.15, 0.2) is 5.78 Å². The fraction of sp³-hybridized carbons (Fsp3) is 0.0667. The number of hydrogen-bond acceptors (Lipinski definition) is 2. The molecule has 2 rings (SSSR count). The van der Waals surface area contributed by atoms with Crippen LogP contribution in [0, 0.1) is 5.41 Å². The van der Waals surface area contributed by atoms with E-state index in [1.807, 2.05) is 42.5 Å².